The van der Waals surface area contributed by atoms with Crippen LogP contribution in [0.1, 0.15) is 38.2 Å². The van der Waals surface area contributed by atoms with Crippen molar-refractivity contribution in [3.8, 4) is 11.6 Å². The van der Waals surface area contributed by atoms with Crippen molar-refractivity contribution in [1.29, 1.82) is 0 Å². The molecule has 0 spiro atoms. The number of furan rings is 1. The van der Waals surface area contributed by atoms with Gasteiger partial charge in [0, 0.05) is 12.5 Å². The monoisotopic (exact) mass is 485 g/mol. The number of aromatic amines is 1. The fourth-order valence-corrected chi connectivity index (χ4v) is 2.18. The van der Waals surface area contributed by atoms with E-state index in [-0.39, 0.29) is 29.4 Å². The molecule has 0 saturated heterocycles. The number of hydrogen-bond donors (Lipinski definition) is 3. The van der Waals surface area contributed by atoms with E-state index in [4.69, 9.17) is 8.83 Å². The van der Waals surface area contributed by atoms with Crippen LogP contribution in [0.3, 0.4) is 0 Å². The Morgan fingerprint density at radius 1 is 1.26 bits per heavy atom. The summed E-state index contributed by atoms with van der Waals surface area (Å²) >= 11 is 0. The lowest BCUT2D eigenvalue weighted by molar-refractivity contribution is 0.379. The molecule has 27 heavy (non-hydrogen) atoms. The first-order valence-corrected chi connectivity index (χ1v) is 8.30. The molecule has 10 heteroatoms. The van der Waals surface area contributed by atoms with Gasteiger partial charge in [-0.1, -0.05) is 20.8 Å². The van der Waals surface area contributed by atoms with E-state index in [0.29, 0.717) is 42.3 Å². The molecule has 0 atom stereocenters. The lowest BCUT2D eigenvalue weighted by atomic mass is 9.94. The molecule has 3 aromatic rings. The second-order valence-corrected chi connectivity index (χ2v) is 6.73. The van der Waals surface area contributed by atoms with Crippen molar-refractivity contribution in [2.24, 2.45) is 4.99 Å². The van der Waals surface area contributed by atoms with Gasteiger partial charge in [-0.3, -0.25) is 10.1 Å². The number of aromatic nitrogens is 4. The Morgan fingerprint density at radius 2 is 2.04 bits per heavy atom. The first kappa shape index (κ1) is 20.9. The molecule has 3 N–H and O–H groups in total. The Morgan fingerprint density at radius 3 is 2.67 bits per heavy atom. The van der Waals surface area contributed by atoms with Crippen molar-refractivity contribution in [3.05, 3.63) is 42.1 Å². The Kier molecular flexibility index (Phi) is 6.99. The number of rotatable bonds is 5. The molecule has 0 unspecified atom stereocenters. The van der Waals surface area contributed by atoms with Gasteiger partial charge in [-0.15, -0.1) is 29.1 Å². The molecular weight excluding hydrogens is 461 g/mol. The molecule has 3 aromatic heterocycles. The van der Waals surface area contributed by atoms with Gasteiger partial charge in [-0.25, -0.2) is 9.97 Å². The number of hydrogen-bond acceptors (Lipinski definition) is 6. The summed E-state index contributed by atoms with van der Waals surface area (Å²) in [5.74, 6) is 3.88. The molecule has 0 radical (unpaired) electrons. The highest BCUT2D eigenvalue weighted by molar-refractivity contribution is 14.0. The van der Waals surface area contributed by atoms with Gasteiger partial charge in [0.2, 0.25) is 11.7 Å². The van der Waals surface area contributed by atoms with Crippen LogP contribution in [0.15, 0.2) is 38.4 Å². The maximum absolute atomic E-state index is 5.76. The summed E-state index contributed by atoms with van der Waals surface area (Å²) < 4.78 is 11.0. The average Bonchev–Trinajstić information content (AvgIpc) is 3.35. The van der Waals surface area contributed by atoms with Gasteiger partial charge in [0.05, 0.1) is 25.5 Å². The second-order valence-electron chi connectivity index (χ2n) is 6.73. The lowest BCUT2D eigenvalue weighted by Crippen LogP contribution is -2.36. The van der Waals surface area contributed by atoms with Crippen LogP contribution in [0.2, 0.25) is 0 Å². The summed E-state index contributed by atoms with van der Waals surface area (Å²) in [7, 11) is 1.69. The number of nitrogens with one attached hydrogen (secondary N) is 3. The van der Waals surface area contributed by atoms with E-state index < -0.39 is 0 Å². The maximum Gasteiger partial charge on any atom is 0.216 e. The third-order valence-corrected chi connectivity index (χ3v) is 3.62. The molecule has 0 aromatic carbocycles. The van der Waals surface area contributed by atoms with Gasteiger partial charge in [0.15, 0.2) is 11.7 Å². The summed E-state index contributed by atoms with van der Waals surface area (Å²) in [6.45, 7) is 7.12. The number of aliphatic imine (C=N–C) groups is 1. The molecule has 0 amide bonds. The Labute approximate surface area is 174 Å². The third-order valence-electron chi connectivity index (χ3n) is 3.62. The first-order valence-electron chi connectivity index (χ1n) is 8.30. The van der Waals surface area contributed by atoms with Crippen LogP contribution >= 0.6 is 24.0 Å². The molecule has 3 heterocycles. The Balaban J connectivity index is 0.00000261. The molecule has 0 aliphatic carbocycles. The highest BCUT2D eigenvalue weighted by atomic mass is 127. The van der Waals surface area contributed by atoms with Gasteiger partial charge < -0.3 is 19.5 Å². The molecule has 0 bridgehead atoms. The molecule has 146 valence electrons. The van der Waals surface area contributed by atoms with Crippen molar-refractivity contribution in [2.75, 3.05) is 7.05 Å². The maximum atomic E-state index is 5.76. The predicted octanol–water partition coefficient (Wildman–Crippen LogP) is 2.83. The van der Waals surface area contributed by atoms with E-state index in [1.54, 1.807) is 25.6 Å². The number of nitrogens with zero attached hydrogens (tertiary/aromatic N) is 4. The first-order chi connectivity index (χ1) is 12.5. The highest BCUT2D eigenvalue weighted by Gasteiger charge is 2.19. The number of oxazole rings is 1. The van der Waals surface area contributed by atoms with E-state index >= 15 is 0 Å². The van der Waals surface area contributed by atoms with E-state index in [1.807, 2.05) is 6.07 Å². The van der Waals surface area contributed by atoms with Crippen molar-refractivity contribution in [1.82, 2.24) is 30.8 Å². The fourth-order valence-electron chi connectivity index (χ4n) is 2.18. The van der Waals surface area contributed by atoms with Crippen LogP contribution in [0, 0.1) is 0 Å². The zero-order chi connectivity index (χ0) is 18.6. The molecule has 9 nitrogen and oxygen atoms in total. The van der Waals surface area contributed by atoms with Crippen molar-refractivity contribution < 1.29 is 8.83 Å². The third kappa shape index (κ3) is 5.55. The topological polar surface area (TPSA) is 117 Å². The minimum Gasteiger partial charge on any atom is -0.461 e. The van der Waals surface area contributed by atoms with Gasteiger partial charge in [0.25, 0.3) is 0 Å². The predicted molar refractivity (Wildman–Crippen MR) is 112 cm³/mol. The van der Waals surface area contributed by atoms with Crippen LogP contribution in [0.4, 0.5) is 0 Å². The molecule has 0 fully saturated rings. The quantitative estimate of drug-likeness (QED) is 0.289. The van der Waals surface area contributed by atoms with E-state index in [0.717, 1.165) is 5.76 Å². The summed E-state index contributed by atoms with van der Waals surface area (Å²) in [5.41, 5.74) is -0.0663. The summed E-state index contributed by atoms with van der Waals surface area (Å²) in [5, 5.41) is 13.3. The second kappa shape index (κ2) is 9.02. The van der Waals surface area contributed by atoms with Crippen LogP contribution < -0.4 is 10.6 Å². The highest BCUT2D eigenvalue weighted by Crippen LogP contribution is 2.22. The molecule has 0 aliphatic heterocycles. The van der Waals surface area contributed by atoms with Gasteiger partial charge in [-0.2, -0.15) is 0 Å². The Hall–Kier alpha value is -2.37. The zero-order valence-electron chi connectivity index (χ0n) is 15.7. The molecule has 0 aliphatic rings. The zero-order valence-corrected chi connectivity index (χ0v) is 18.1. The fraction of sp³-hybridized carbons (Fsp3) is 0.412. The number of halogens is 1. The molecule has 0 saturated carbocycles. The van der Waals surface area contributed by atoms with Gasteiger partial charge in [0.1, 0.15) is 11.6 Å². The standard InChI is InChI=1S/C17H23N7O2.HI/c1-17(2,3)12-8-19-14(26-12)10-21-16(18-4)20-9-13-22-15(24-23-13)11-6-5-7-25-11;/h5-8H,9-10H2,1-4H3,(H2,18,20,21)(H,22,23,24);1H. The molecule has 3 rings (SSSR count). The van der Waals surface area contributed by atoms with Crippen LogP contribution in [-0.4, -0.2) is 33.2 Å². The van der Waals surface area contributed by atoms with E-state index in [9.17, 15) is 0 Å². The van der Waals surface area contributed by atoms with Crippen LogP contribution in [0.5, 0.6) is 0 Å². The average molecular weight is 485 g/mol. The minimum absolute atomic E-state index is 0. The van der Waals surface area contributed by atoms with Gasteiger partial charge >= 0.3 is 0 Å². The Bertz CT molecular complexity index is 862. The molecular formula is C17H24IN7O2. The van der Waals surface area contributed by atoms with Crippen molar-refractivity contribution in [3.63, 3.8) is 0 Å². The SMILES string of the molecule is CN=C(NCc1nc(-c2ccco2)n[nH]1)NCc1ncc(C(C)(C)C)o1.I. The van der Waals surface area contributed by atoms with E-state index in [2.05, 4.69) is 56.6 Å². The number of guanidine groups is 1. The van der Waals surface area contributed by atoms with Crippen LogP contribution in [-0.2, 0) is 18.5 Å². The largest absolute Gasteiger partial charge is 0.461 e. The number of H-pyrrole nitrogens is 1. The van der Waals surface area contributed by atoms with E-state index in [1.165, 1.54) is 0 Å². The van der Waals surface area contributed by atoms with Crippen molar-refractivity contribution in [2.45, 2.75) is 39.3 Å². The van der Waals surface area contributed by atoms with Crippen molar-refractivity contribution >= 4 is 29.9 Å². The minimum atomic E-state index is -0.0663. The lowest BCUT2D eigenvalue weighted by Gasteiger charge is -2.13. The summed E-state index contributed by atoms with van der Waals surface area (Å²) in [6.07, 6.45) is 3.35. The van der Waals surface area contributed by atoms with Gasteiger partial charge in [-0.05, 0) is 12.1 Å². The normalized spacial score (nSPS) is 11.9. The van der Waals surface area contributed by atoms with Crippen LogP contribution in [0.25, 0.3) is 11.6 Å². The smallest absolute Gasteiger partial charge is 0.216 e. The summed E-state index contributed by atoms with van der Waals surface area (Å²) in [6, 6.07) is 3.60. The summed E-state index contributed by atoms with van der Waals surface area (Å²) in [4.78, 5) is 12.8.